The van der Waals surface area contributed by atoms with Crippen LogP contribution in [-0.2, 0) is 23.0 Å². The van der Waals surface area contributed by atoms with Crippen LogP contribution in [0.4, 0.5) is 11.6 Å². The Morgan fingerprint density at radius 3 is 2.41 bits per heavy atom. The average Bonchev–Trinajstić information content (AvgIpc) is 3.52. The van der Waals surface area contributed by atoms with Crippen LogP contribution in [0, 0.1) is 30.6 Å². The highest BCUT2D eigenvalue weighted by Gasteiger charge is 2.34. The van der Waals surface area contributed by atoms with Crippen LogP contribution in [0.3, 0.4) is 0 Å². The summed E-state index contributed by atoms with van der Waals surface area (Å²) in [7, 11) is -4.21. The number of carbonyl (C=O) groups is 1. The molecule has 4 bridgehead atoms. The minimum absolute atomic E-state index is 0.0638. The number of nitrogens with zero attached hydrogens (tertiary/aromatic N) is 6. The highest BCUT2D eigenvalue weighted by atomic mass is 32.2. The molecule has 1 atom stereocenters. The van der Waals surface area contributed by atoms with E-state index < -0.39 is 16.1 Å². The number of amides is 1. The second kappa shape index (κ2) is 15.8. The van der Waals surface area contributed by atoms with Crippen LogP contribution in [-0.4, -0.2) is 64.9 Å². The standard InChI is InChI=1S/C44H57N7O4S/c1-29-13-11-16-32(21-31-14-9-8-10-15-31)38(29)39-30(2)40-48-42(47-39)49-56(53,54)36-18-12-17-33(22-36)41(52)51(34(27-55-40)23-43(3,4)5)26-37-45-24-35(25-46-37)50-20-19-44(6,7)28-50/h11-13,16-18,22,24-25,31,34H,8-10,14-15,19-21,23,26-28H2,1-7H3,(H,47,48,49)/t34-/m1/s1. The lowest BCUT2D eigenvalue weighted by Gasteiger charge is -2.35. The zero-order valence-corrected chi connectivity index (χ0v) is 34.9. The van der Waals surface area contributed by atoms with E-state index in [-0.39, 0.29) is 52.2 Å². The van der Waals surface area contributed by atoms with Crippen LogP contribution in [0.1, 0.15) is 112 Å². The van der Waals surface area contributed by atoms with Crippen molar-refractivity contribution < 1.29 is 17.9 Å². The minimum atomic E-state index is -4.21. The molecule has 7 rings (SSSR count). The summed E-state index contributed by atoms with van der Waals surface area (Å²) in [6, 6.07) is 12.0. The van der Waals surface area contributed by atoms with Gasteiger partial charge in [-0.15, -0.1) is 0 Å². The van der Waals surface area contributed by atoms with E-state index >= 15 is 0 Å². The molecule has 1 N–H and O–H groups in total. The molecule has 12 heteroatoms. The van der Waals surface area contributed by atoms with E-state index in [9.17, 15) is 13.2 Å². The fourth-order valence-corrected chi connectivity index (χ4v) is 9.58. The van der Waals surface area contributed by atoms with Crippen molar-refractivity contribution in [3.63, 3.8) is 0 Å². The number of nitrogens with one attached hydrogen (secondary N) is 1. The summed E-state index contributed by atoms with van der Waals surface area (Å²) in [6.45, 7) is 17.0. The summed E-state index contributed by atoms with van der Waals surface area (Å²) in [5.74, 6) is 0.925. The topological polar surface area (TPSA) is 131 Å². The lowest BCUT2D eigenvalue weighted by Crippen LogP contribution is -2.45. The number of fused-ring (bicyclic) bond motifs is 4. The van der Waals surface area contributed by atoms with E-state index in [2.05, 4.69) is 69.4 Å². The van der Waals surface area contributed by atoms with Gasteiger partial charge < -0.3 is 14.5 Å². The molecular formula is C44H57N7O4S. The summed E-state index contributed by atoms with van der Waals surface area (Å²) >= 11 is 0. The van der Waals surface area contributed by atoms with Gasteiger partial charge >= 0.3 is 0 Å². The van der Waals surface area contributed by atoms with Crippen LogP contribution in [0.5, 0.6) is 5.88 Å². The van der Waals surface area contributed by atoms with E-state index in [1.807, 2.05) is 19.3 Å². The maximum absolute atomic E-state index is 14.7. The highest BCUT2D eigenvalue weighted by Crippen LogP contribution is 2.38. The molecule has 0 radical (unpaired) electrons. The third-order valence-corrected chi connectivity index (χ3v) is 12.9. The van der Waals surface area contributed by atoms with Gasteiger partial charge in [-0.2, -0.15) is 4.98 Å². The Bertz CT molecular complexity index is 2180. The van der Waals surface area contributed by atoms with Crippen LogP contribution >= 0.6 is 0 Å². The van der Waals surface area contributed by atoms with Crippen molar-refractivity contribution in [2.45, 2.75) is 117 Å². The minimum Gasteiger partial charge on any atom is -0.475 e. The molecule has 0 spiro atoms. The summed E-state index contributed by atoms with van der Waals surface area (Å²) in [5.41, 5.74) is 5.77. The Labute approximate surface area is 332 Å². The number of rotatable bonds is 7. The van der Waals surface area contributed by atoms with Gasteiger partial charge in [0, 0.05) is 29.8 Å². The highest BCUT2D eigenvalue weighted by molar-refractivity contribution is 7.92. The quantitative estimate of drug-likeness (QED) is 0.196. The number of carbonyl (C=O) groups excluding carboxylic acids is 1. The zero-order valence-electron chi connectivity index (χ0n) is 34.1. The molecule has 1 saturated carbocycles. The van der Waals surface area contributed by atoms with Crippen molar-refractivity contribution in [2.24, 2.45) is 16.7 Å². The first-order valence-corrected chi connectivity index (χ1v) is 21.6. The number of sulfonamides is 1. The number of aryl methyl sites for hydroxylation is 1. The van der Waals surface area contributed by atoms with E-state index in [1.165, 1.54) is 49.8 Å². The molecule has 0 unspecified atom stereocenters. The van der Waals surface area contributed by atoms with Crippen LogP contribution < -0.4 is 14.4 Å². The Balaban J connectivity index is 1.31. The third kappa shape index (κ3) is 9.01. The number of aromatic nitrogens is 4. The Morgan fingerprint density at radius 2 is 1.71 bits per heavy atom. The van der Waals surface area contributed by atoms with E-state index in [0.29, 0.717) is 29.4 Å². The molecule has 2 aliphatic heterocycles. The molecule has 3 aliphatic rings. The summed E-state index contributed by atoms with van der Waals surface area (Å²) in [6.07, 6.45) is 12.4. The van der Waals surface area contributed by atoms with Gasteiger partial charge in [-0.1, -0.05) is 91.0 Å². The van der Waals surface area contributed by atoms with Crippen LogP contribution in [0.2, 0.25) is 0 Å². The Morgan fingerprint density at radius 1 is 0.982 bits per heavy atom. The first-order chi connectivity index (χ1) is 26.5. The van der Waals surface area contributed by atoms with Crippen molar-refractivity contribution in [3.8, 4) is 17.1 Å². The summed E-state index contributed by atoms with van der Waals surface area (Å²) in [4.78, 5) is 37.7. The summed E-state index contributed by atoms with van der Waals surface area (Å²) < 4.78 is 37.4. The molecule has 11 nitrogen and oxygen atoms in total. The van der Waals surface area contributed by atoms with Crippen molar-refractivity contribution in [2.75, 3.05) is 29.3 Å². The fourth-order valence-electron chi connectivity index (χ4n) is 8.59. The molecule has 298 valence electrons. The molecule has 4 heterocycles. The molecule has 2 aromatic heterocycles. The molecule has 1 saturated heterocycles. The van der Waals surface area contributed by atoms with E-state index in [0.717, 1.165) is 42.7 Å². The van der Waals surface area contributed by atoms with Crippen LogP contribution in [0.25, 0.3) is 11.3 Å². The zero-order chi connectivity index (χ0) is 39.8. The fraction of sp³-hybridized carbons (Fsp3) is 0.523. The first-order valence-electron chi connectivity index (χ1n) is 20.2. The van der Waals surface area contributed by atoms with Crippen molar-refractivity contribution >= 4 is 27.6 Å². The Hall–Kier alpha value is -4.58. The number of ether oxygens (including phenoxy) is 1. The molecule has 2 fully saturated rings. The normalized spacial score (nSPS) is 20.1. The molecule has 2 aromatic carbocycles. The van der Waals surface area contributed by atoms with Gasteiger partial charge in [0.15, 0.2) is 0 Å². The largest absolute Gasteiger partial charge is 0.475 e. The monoisotopic (exact) mass is 779 g/mol. The van der Waals surface area contributed by atoms with E-state index in [4.69, 9.17) is 24.7 Å². The lowest BCUT2D eigenvalue weighted by molar-refractivity contribution is 0.0504. The molecule has 56 heavy (non-hydrogen) atoms. The van der Waals surface area contributed by atoms with Crippen molar-refractivity contribution in [1.29, 1.82) is 0 Å². The van der Waals surface area contributed by atoms with Gasteiger partial charge in [0.05, 0.1) is 41.3 Å². The van der Waals surface area contributed by atoms with E-state index in [1.54, 1.807) is 17.0 Å². The van der Waals surface area contributed by atoms with Gasteiger partial charge in [-0.05, 0) is 79.2 Å². The summed E-state index contributed by atoms with van der Waals surface area (Å²) in [5, 5.41) is 0. The Kier molecular flexibility index (Phi) is 11.2. The number of hydrogen-bond donors (Lipinski definition) is 1. The van der Waals surface area contributed by atoms with Crippen molar-refractivity contribution in [1.82, 2.24) is 24.8 Å². The molecule has 1 aliphatic carbocycles. The first kappa shape index (κ1) is 39.6. The second-order valence-electron chi connectivity index (χ2n) is 18.1. The van der Waals surface area contributed by atoms with Gasteiger partial charge in [0.1, 0.15) is 12.4 Å². The predicted octanol–water partition coefficient (Wildman–Crippen LogP) is 8.55. The van der Waals surface area contributed by atoms with Crippen molar-refractivity contribution in [3.05, 3.63) is 82.9 Å². The molecule has 4 aromatic rings. The number of benzene rings is 2. The maximum atomic E-state index is 14.7. The lowest BCUT2D eigenvalue weighted by atomic mass is 9.82. The van der Waals surface area contributed by atoms with Gasteiger partial charge in [0.2, 0.25) is 11.8 Å². The smallest absolute Gasteiger partial charge is 0.264 e. The third-order valence-electron chi connectivity index (χ3n) is 11.6. The van der Waals surface area contributed by atoms with Gasteiger partial charge in [-0.25, -0.2) is 28.1 Å². The SMILES string of the molecule is Cc1cccc(CC2CCCCC2)c1-c1nc2nc(c1C)OC[C@@H](CC(C)(C)C)N(Cc1ncc(N3CCC(C)(C)C3)cn1)C(=O)c1cccc(c1)S(=O)(=O)N2. The average molecular weight is 780 g/mol. The van der Waals surface area contributed by atoms with Gasteiger partial charge in [-0.3, -0.25) is 4.79 Å². The second-order valence-corrected chi connectivity index (χ2v) is 19.8. The van der Waals surface area contributed by atoms with Gasteiger partial charge in [0.25, 0.3) is 15.9 Å². The molecular weight excluding hydrogens is 723 g/mol. The molecule has 1 amide bonds. The maximum Gasteiger partial charge on any atom is 0.264 e. The number of anilines is 2. The number of hydrogen-bond acceptors (Lipinski definition) is 9. The van der Waals surface area contributed by atoms with Crippen LogP contribution in [0.15, 0.2) is 59.8 Å². The predicted molar refractivity (Wildman–Crippen MR) is 220 cm³/mol.